The normalized spacial score (nSPS) is 15.4. The van der Waals surface area contributed by atoms with Crippen molar-refractivity contribution in [2.24, 2.45) is 0 Å². The SMILES string of the molecule is O=C(C#CSI)N1CCc2c([nH]c3c(F)cc(F)cc23)C1c1ccc([N+](=O)[O-])cc1. The summed E-state index contributed by atoms with van der Waals surface area (Å²) in [6.07, 6.45) is 0.395. The van der Waals surface area contributed by atoms with Crippen molar-refractivity contribution >= 4 is 52.6 Å². The Bertz CT molecular complexity index is 1230. The van der Waals surface area contributed by atoms with E-state index in [-0.39, 0.29) is 11.2 Å². The number of rotatable bonds is 2. The van der Waals surface area contributed by atoms with E-state index >= 15 is 0 Å². The van der Waals surface area contributed by atoms with Crippen molar-refractivity contribution in [3.8, 4) is 11.2 Å². The Kier molecular flexibility index (Phi) is 5.66. The quantitative estimate of drug-likeness (QED) is 0.218. The lowest BCUT2D eigenvalue weighted by Gasteiger charge is -2.35. The number of benzene rings is 2. The largest absolute Gasteiger partial charge is 0.354 e. The van der Waals surface area contributed by atoms with E-state index in [2.05, 4.69) is 16.2 Å². The van der Waals surface area contributed by atoms with Crippen LogP contribution in [0.2, 0.25) is 0 Å². The van der Waals surface area contributed by atoms with Gasteiger partial charge in [-0.25, -0.2) is 8.78 Å². The zero-order valence-corrected chi connectivity index (χ0v) is 18.1. The number of halogens is 3. The lowest BCUT2D eigenvalue weighted by atomic mass is 9.92. The van der Waals surface area contributed by atoms with Crippen LogP contribution >= 0.6 is 30.1 Å². The number of nitro groups is 1. The third-order valence-corrected chi connectivity index (χ3v) is 5.87. The molecule has 2 aromatic carbocycles. The van der Waals surface area contributed by atoms with Crippen molar-refractivity contribution in [3.63, 3.8) is 0 Å². The van der Waals surface area contributed by atoms with Crippen LogP contribution in [0.25, 0.3) is 10.9 Å². The molecule has 1 aromatic heterocycles. The number of carbonyl (C=O) groups excluding carboxylic acids is 1. The molecule has 1 aliphatic heterocycles. The van der Waals surface area contributed by atoms with E-state index in [1.165, 1.54) is 32.0 Å². The van der Waals surface area contributed by atoms with Gasteiger partial charge in [-0.3, -0.25) is 14.9 Å². The minimum atomic E-state index is -0.721. The highest BCUT2D eigenvalue weighted by Gasteiger charge is 2.35. The van der Waals surface area contributed by atoms with Gasteiger partial charge in [0.2, 0.25) is 0 Å². The highest BCUT2D eigenvalue weighted by molar-refractivity contribution is 14.2. The first-order chi connectivity index (χ1) is 14.4. The summed E-state index contributed by atoms with van der Waals surface area (Å²) in [6, 6.07) is 7.22. The summed E-state index contributed by atoms with van der Waals surface area (Å²) >= 11 is 1.96. The van der Waals surface area contributed by atoms with Crippen LogP contribution < -0.4 is 0 Å². The summed E-state index contributed by atoms with van der Waals surface area (Å²) in [5.74, 6) is 0.730. The highest BCUT2D eigenvalue weighted by atomic mass is 127. The Labute approximate surface area is 185 Å². The smallest absolute Gasteiger partial charge is 0.300 e. The summed E-state index contributed by atoms with van der Waals surface area (Å²) in [5.41, 5.74) is 1.94. The average Bonchev–Trinajstić information content (AvgIpc) is 3.10. The Morgan fingerprint density at radius 2 is 2.03 bits per heavy atom. The summed E-state index contributed by atoms with van der Waals surface area (Å²) in [5, 5.41) is 14.1. The number of nitrogens with zero attached hydrogens (tertiary/aromatic N) is 2. The molecule has 0 aliphatic carbocycles. The molecule has 1 amide bonds. The molecule has 10 heteroatoms. The maximum Gasteiger partial charge on any atom is 0.300 e. The molecule has 3 aromatic rings. The molecule has 0 bridgehead atoms. The number of hydrogen-bond acceptors (Lipinski definition) is 4. The monoisotopic (exact) mass is 539 g/mol. The zero-order valence-electron chi connectivity index (χ0n) is 15.1. The van der Waals surface area contributed by atoms with E-state index in [0.717, 1.165) is 6.07 Å². The van der Waals surface area contributed by atoms with Crippen LogP contribution in [0, 0.1) is 32.9 Å². The number of H-pyrrole nitrogens is 1. The van der Waals surface area contributed by atoms with Gasteiger partial charge < -0.3 is 9.88 Å². The van der Waals surface area contributed by atoms with Crippen molar-refractivity contribution < 1.29 is 18.5 Å². The molecule has 1 N–H and O–H groups in total. The van der Waals surface area contributed by atoms with Gasteiger partial charge in [-0.15, -0.1) is 0 Å². The van der Waals surface area contributed by atoms with Gasteiger partial charge in [-0.2, -0.15) is 0 Å². The molecular weight excluding hydrogens is 527 g/mol. The minimum absolute atomic E-state index is 0.0847. The van der Waals surface area contributed by atoms with Gasteiger partial charge in [0.15, 0.2) is 0 Å². The Hall–Kier alpha value is -2.65. The third kappa shape index (κ3) is 3.63. The molecular formula is C20H12F2IN3O3S. The maximum absolute atomic E-state index is 14.4. The second-order valence-electron chi connectivity index (χ2n) is 6.63. The van der Waals surface area contributed by atoms with Gasteiger partial charge in [-0.05, 0) is 49.9 Å². The second kappa shape index (κ2) is 8.23. The molecule has 0 radical (unpaired) electrons. The number of nitro benzene ring substituents is 1. The molecule has 0 saturated heterocycles. The minimum Gasteiger partial charge on any atom is -0.354 e. The summed E-state index contributed by atoms with van der Waals surface area (Å²) in [4.78, 5) is 27.8. The number of aromatic amines is 1. The number of nitrogens with one attached hydrogen (secondary N) is 1. The predicted molar refractivity (Wildman–Crippen MR) is 118 cm³/mol. The number of fused-ring (bicyclic) bond motifs is 3. The van der Waals surface area contributed by atoms with Gasteiger partial charge in [0.1, 0.15) is 11.6 Å². The van der Waals surface area contributed by atoms with Crippen LogP contribution in [0.4, 0.5) is 14.5 Å². The third-order valence-electron chi connectivity index (χ3n) is 5.03. The maximum atomic E-state index is 14.4. The van der Waals surface area contributed by atoms with Gasteiger partial charge in [0, 0.05) is 63.0 Å². The molecule has 0 fully saturated rings. The van der Waals surface area contributed by atoms with Gasteiger partial charge >= 0.3 is 0 Å². The van der Waals surface area contributed by atoms with Crippen molar-refractivity contribution in [2.75, 3.05) is 6.54 Å². The van der Waals surface area contributed by atoms with Crippen LogP contribution in [0.1, 0.15) is 22.9 Å². The first kappa shape index (κ1) is 20.6. The van der Waals surface area contributed by atoms with Crippen molar-refractivity contribution in [3.05, 3.63) is 75.0 Å². The Morgan fingerprint density at radius 3 is 2.70 bits per heavy atom. The highest BCUT2D eigenvalue weighted by Crippen LogP contribution is 2.39. The van der Waals surface area contributed by atoms with Crippen LogP contribution in [-0.4, -0.2) is 27.3 Å². The van der Waals surface area contributed by atoms with Crippen LogP contribution in [0.3, 0.4) is 0 Å². The predicted octanol–water partition coefficient (Wildman–Crippen LogP) is 4.87. The number of aromatic nitrogens is 1. The lowest BCUT2D eigenvalue weighted by molar-refractivity contribution is -0.384. The van der Waals surface area contributed by atoms with Crippen molar-refractivity contribution in [1.29, 1.82) is 0 Å². The van der Waals surface area contributed by atoms with Crippen LogP contribution in [-0.2, 0) is 11.2 Å². The molecule has 6 nitrogen and oxygen atoms in total. The first-order valence-corrected chi connectivity index (χ1v) is 12.1. The number of hydrogen-bond donors (Lipinski definition) is 1. The van der Waals surface area contributed by atoms with E-state index in [1.54, 1.807) is 12.1 Å². The molecule has 0 spiro atoms. The lowest BCUT2D eigenvalue weighted by Crippen LogP contribution is -2.40. The Balaban J connectivity index is 1.90. The standard InChI is InChI=1S/C20H12F2IN3O3S/c21-12-9-15-14-5-7-25(17(27)6-8-30-23)20(19(14)24-18(15)16(22)10-12)11-1-3-13(4-2-11)26(28)29/h1-4,9-10,20,24H,5,7H2. The molecule has 2 heterocycles. The van der Waals surface area contributed by atoms with Crippen LogP contribution in [0.15, 0.2) is 36.4 Å². The van der Waals surface area contributed by atoms with E-state index in [9.17, 15) is 23.7 Å². The fraction of sp³-hybridized carbons (Fsp3) is 0.150. The fourth-order valence-electron chi connectivity index (χ4n) is 3.79. The fourth-order valence-corrected chi connectivity index (χ4v) is 4.25. The Morgan fingerprint density at radius 1 is 1.30 bits per heavy atom. The second-order valence-corrected chi connectivity index (χ2v) is 8.31. The summed E-state index contributed by atoms with van der Waals surface area (Å²) in [6.45, 7) is 0.291. The first-order valence-electron chi connectivity index (χ1n) is 8.73. The van der Waals surface area contributed by atoms with Crippen LogP contribution in [0.5, 0.6) is 0 Å². The molecule has 4 rings (SSSR count). The van der Waals surface area contributed by atoms with Crippen molar-refractivity contribution in [2.45, 2.75) is 12.5 Å². The molecule has 152 valence electrons. The molecule has 1 atom stereocenters. The van der Waals surface area contributed by atoms with E-state index in [0.29, 0.717) is 35.2 Å². The average molecular weight is 539 g/mol. The summed E-state index contributed by atoms with van der Waals surface area (Å²) in [7, 11) is 1.18. The number of carbonyl (C=O) groups is 1. The van der Waals surface area contributed by atoms with E-state index in [4.69, 9.17) is 0 Å². The van der Waals surface area contributed by atoms with Crippen molar-refractivity contribution in [1.82, 2.24) is 9.88 Å². The zero-order chi connectivity index (χ0) is 21.4. The van der Waals surface area contributed by atoms with Gasteiger partial charge in [-0.1, -0.05) is 0 Å². The van der Waals surface area contributed by atoms with E-state index in [1.807, 2.05) is 21.2 Å². The molecule has 0 saturated carbocycles. The summed E-state index contributed by atoms with van der Waals surface area (Å²) < 4.78 is 28.2. The molecule has 1 unspecified atom stereocenters. The molecule has 30 heavy (non-hydrogen) atoms. The number of amides is 1. The van der Waals surface area contributed by atoms with E-state index < -0.39 is 28.5 Å². The molecule has 1 aliphatic rings. The number of non-ortho nitro benzene ring substituents is 1. The topological polar surface area (TPSA) is 79.2 Å². The van der Waals surface area contributed by atoms with Gasteiger partial charge in [0.05, 0.1) is 16.5 Å². The van der Waals surface area contributed by atoms with Gasteiger partial charge in [0.25, 0.3) is 11.6 Å².